The van der Waals surface area contributed by atoms with Crippen molar-refractivity contribution in [3.8, 4) is 0 Å². The zero-order valence-electron chi connectivity index (χ0n) is 10.7. The van der Waals surface area contributed by atoms with Gasteiger partial charge in [-0.1, -0.05) is 35.9 Å². The van der Waals surface area contributed by atoms with Crippen molar-refractivity contribution < 1.29 is 0 Å². The summed E-state index contributed by atoms with van der Waals surface area (Å²) in [7, 11) is 0. The van der Waals surface area contributed by atoms with E-state index in [0.29, 0.717) is 11.6 Å². The summed E-state index contributed by atoms with van der Waals surface area (Å²) in [6.07, 6.45) is 0. The number of benzene rings is 2. The van der Waals surface area contributed by atoms with Gasteiger partial charge in [0.2, 0.25) is 0 Å². The molecule has 0 aliphatic heterocycles. The number of hydrogen-bond donors (Lipinski definition) is 2. The van der Waals surface area contributed by atoms with Gasteiger partial charge in [-0.05, 0) is 52.2 Å². The van der Waals surface area contributed by atoms with Crippen LogP contribution in [0.5, 0.6) is 0 Å². The topological polar surface area (TPSA) is 38.0 Å². The lowest BCUT2D eigenvalue weighted by molar-refractivity contribution is 0.789. The number of nitrogens with two attached hydrogens (primary N) is 1. The molecule has 0 aliphatic rings. The van der Waals surface area contributed by atoms with Gasteiger partial charge in [-0.15, -0.1) is 0 Å². The second-order valence-electron chi connectivity index (χ2n) is 4.42. The zero-order chi connectivity index (χ0) is 13.8. The highest BCUT2D eigenvalue weighted by Gasteiger charge is 2.11. The molecule has 0 radical (unpaired) electrons. The van der Waals surface area contributed by atoms with E-state index in [1.807, 2.05) is 30.3 Å². The Morgan fingerprint density at radius 1 is 1.26 bits per heavy atom. The van der Waals surface area contributed by atoms with Gasteiger partial charge in [0.25, 0.3) is 0 Å². The van der Waals surface area contributed by atoms with Crippen molar-refractivity contribution in [3.05, 3.63) is 63.1 Å². The Balaban J connectivity index is 2.25. The Morgan fingerprint density at radius 2 is 2.00 bits per heavy atom. The van der Waals surface area contributed by atoms with Gasteiger partial charge >= 0.3 is 0 Å². The molecule has 0 amide bonds. The van der Waals surface area contributed by atoms with Crippen LogP contribution in [0.15, 0.2) is 46.9 Å². The Labute approximate surface area is 127 Å². The molecule has 0 heterocycles. The van der Waals surface area contributed by atoms with Crippen molar-refractivity contribution in [2.45, 2.75) is 13.0 Å². The maximum absolute atomic E-state index is 6.13. The normalized spacial score (nSPS) is 12.2. The van der Waals surface area contributed by atoms with Crippen LogP contribution in [0.1, 0.15) is 17.2 Å². The Kier molecular flexibility index (Phi) is 4.86. The minimum Gasteiger partial charge on any atom is -0.377 e. The molecule has 0 bridgehead atoms. The van der Waals surface area contributed by atoms with Crippen LogP contribution in [0, 0.1) is 6.92 Å². The first-order valence-corrected chi connectivity index (χ1v) is 7.26. The van der Waals surface area contributed by atoms with Crippen molar-refractivity contribution in [1.29, 1.82) is 0 Å². The highest BCUT2D eigenvalue weighted by Crippen LogP contribution is 2.28. The summed E-state index contributed by atoms with van der Waals surface area (Å²) in [4.78, 5) is 0. The largest absolute Gasteiger partial charge is 0.377 e. The molecular formula is C15H16BrClN2. The van der Waals surface area contributed by atoms with Crippen molar-refractivity contribution in [2.24, 2.45) is 5.73 Å². The molecule has 19 heavy (non-hydrogen) atoms. The molecule has 0 fully saturated rings. The Bertz CT molecular complexity index is 572. The van der Waals surface area contributed by atoms with Crippen molar-refractivity contribution in [1.82, 2.24) is 0 Å². The van der Waals surface area contributed by atoms with E-state index in [0.717, 1.165) is 15.7 Å². The smallest absolute Gasteiger partial charge is 0.0636 e. The predicted molar refractivity (Wildman–Crippen MR) is 85.7 cm³/mol. The maximum Gasteiger partial charge on any atom is 0.0636 e. The molecule has 1 unspecified atom stereocenters. The maximum atomic E-state index is 6.13. The molecule has 0 aromatic heterocycles. The van der Waals surface area contributed by atoms with Gasteiger partial charge in [0.1, 0.15) is 0 Å². The van der Waals surface area contributed by atoms with Crippen LogP contribution < -0.4 is 11.1 Å². The second kappa shape index (κ2) is 6.42. The van der Waals surface area contributed by atoms with Crippen LogP contribution in [0.25, 0.3) is 0 Å². The van der Waals surface area contributed by atoms with Crippen molar-refractivity contribution in [3.63, 3.8) is 0 Å². The summed E-state index contributed by atoms with van der Waals surface area (Å²) >= 11 is 9.53. The molecule has 1 atom stereocenters. The highest BCUT2D eigenvalue weighted by molar-refractivity contribution is 9.10. The lowest BCUT2D eigenvalue weighted by atomic mass is 10.1. The first kappa shape index (κ1) is 14.4. The van der Waals surface area contributed by atoms with E-state index < -0.39 is 0 Å². The van der Waals surface area contributed by atoms with E-state index in [-0.39, 0.29) is 6.04 Å². The monoisotopic (exact) mass is 338 g/mol. The van der Waals surface area contributed by atoms with Crippen LogP contribution in [-0.2, 0) is 0 Å². The quantitative estimate of drug-likeness (QED) is 0.859. The Morgan fingerprint density at radius 3 is 2.63 bits per heavy atom. The van der Waals surface area contributed by atoms with Gasteiger partial charge in [-0.3, -0.25) is 0 Å². The van der Waals surface area contributed by atoms with Crippen LogP contribution in [0.2, 0.25) is 5.02 Å². The summed E-state index contributed by atoms with van der Waals surface area (Å²) in [6.45, 7) is 2.58. The van der Waals surface area contributed by atoms with Gasteiger partial charge in [0.15, 0.2) is 0 Å². The molecule has 0 saturated carbocycles. The molecule has 2 rings (SSSR count). The summed E-state index contributed by atoms with van der Waals surface area (Å²) in [5.41, 5.74) is 9.25. The molecule has 0 saturated heterocycles. The zero-order valence-corrected chi connectivity index (χ0v) is 13.0. The van der Waals surface area contributed by atoms with E-state index in [9.17, 15) is 0 Å². The van der Waals surface area contributed by atoms with Crippen LogP contribution in [0.4, 0.5) is 5.69 Å². The van der Waals surface area contributed by atoms with Gasteiger partial charge in [-0.2, -0.15) is 0 Å². The molecule has 2 nitrogen and oxygen atoms in total. The van der Waals surface area contributed by atoms with Crippen LogP contribution >= 0.6 is 27.5 Å². The number of para-hydroxylation sites is 1. The highest BCUT2D eigenvalue weighted by atomic mass is 79.9. The van der Waals surface area contributed by atoms with Gasteiger partial charge in [0, 0.05) is 16.7 Å². The first-order valence-electron chi connectivity index (χ1n) is 6.09. The fourth-order valence-electron chi connectivity index (χ4n) is 1.93. The number of hydrogen-bond acceptors (Lipinski definition) is 2. The molecule has 2 aromatic carbocycles. The van der Waals surface area contributed by atoms with Gasteiger partial charge in [0.05, 0.1) is 11.1 Å². The van der Waals surface area contributed by atoms with E-state index in [1.165, 1.54) is 5.56 Å². The molecule has 2 aromatic rings. The molecule has 0 aliphatic carbocycles. The molecule has 100 valence electrons. The minimum absolute atomic E-state index is 0.0479. The summed E-state index contributed by atoms with van der Waals surface area (Å²) < 4.78 is 0.893. The first-order chi connectivity index (χ1) is 9.11. The third-order valence-corrected chi connectivity index (χ3v) is 4.29. The lowest BCUT2D eigenvalue weighted by Gasteiger charge is -2.20. The van der Waals surface area contributed by atoms with E-state index >= 15 is 0 Å². The van der Waals surface area contributed by atoms with Crippen LogP contribution in [-0.4, -0.2) is 6.54 Å². The standard InChI is InChI=1S/C15H16BrClN2/c1-10-4-2-3-5-14(10)19-15(9-18)11-6-7-12(16)13(17)8-11/h2-8,15,19H,9,18H2,1H3. The van der Waals surface area contributed by atoms with Crippen LogP contribution in [0.3, 0.4) is 0 Å². The predicted octanol–water partition coefficient (Wildman–Crippen LogP) is 4.52. The van der Waals surface area contributed by atoms with Gasteiger partial charge in [-0.25, -0.2) is 0 Å². The molecule has 3 N–H and O–H groups in total. The number of rotatable bonds is 4. The number of aryl methyl sites for hydroxylation is 1. The van der Waals surface area contributed by atoms with Crippen molar-refractivity contribution >= 4 is 33.2 Å². The van der Waals surface area contributed by atoms with E-state index in [1.54, 1.807) is 0 Å². The fraction of sp³-hybridized carbons (Fsp3) is 0.200. The number of nitrogens with one attached hydrogen (secondary N) is 1. The molecule has 4 heteroatoms. The number of halogens is 2. The fourth-order valence-corrected chi connectivity index (χ4v) is 2.37. The summed E-state index contributed by atoms with van der Waals surface area (Å²) in [6, 6.07) is 14.1. The SMILES string of the molecule is Cc1ccccc1NC(CN)c1ccc(Br)c(Cl)c1. The molecule has 0 spiro atoms. The second-order valence-corrected chi connectivity index (χ2v) is 5.68. The average Bonchev–Trinajstić information content (AvgIpc) is 2.41. The van der Waals surface area contributed by atoms with E-state index in [4.69, 9.17) is 17.3 Å². The summed E-state index contributed by atoms with van der Waals surface area (Å²) in [5.74, 6) is 0. The third kappa shape index (κ3) is 3.50. The Hall–Kier alpha value is -1.03. The van der Waals surface area contributed by atoms with Gasteiger partial charge < -0.3 is 11.1 Å². The average molecular weight is 340 g/mol. The lowest BCUT2D eigenvalue weighted by Crippen LogP contribution is -2.21. The van der Waals surface area contributed by atoms with E-state index in [2.05, 4.69) is 40.3 Å². The molecular weight excluding hydrogens is 324 g/mol. The van der Waals surface area contributed by atoms with Crippen molar-refractivity contribution in [2.75, 3.05) is 11.9 Å². The minimum atomic E-state index is 0.0479. The summed E-state index contributed by atoms with van der Waals surface area (Å²) in [5, 5.41) is 4.16. The third-order valence-electron chi connectivity index (χ3n) is 3.06. The number of anilines is 1.